The third-order valence-electron chi connectivity index (χ3n) is 3.74. The van der Waals surface area contributed by atoms with Crippen LogP contribution < -0.4 is 32.8 Å². The summed E-state index contributed by atoms with van der Waals surface area (Å²) in [5.74, 6) is -0.334. The van der Waals surface area contributed by atoms with Crippen LogP contribution in [0.25, 0.3) is 0 Å². The number of hydrogen-bond donors (Lipinski definition) is 5. The predicted octanol–water partition coefficient (Wildman–Crippen LogP) is 1.96. The standard InChI is InChI=1S/C12H18O.C7H12ClN7O.C2H7NO2S.C2H6/c1-3-5-6-11-7-9-12(10-8-11)13-4-2;1-13-5(10)4(8)14-3(2-9)6(16)15-7(11)12;1-2-6(3,4)5;1-2/h7-10H,3-6H2,1-2H3;1-2,9-10H2,(H4,11,12,15,16);2H2,1H3,(H2,3,4,5);1-2H3/b;5-4-,14-3+;;. The van der Waals surface area contributed by atoms with Gasteiger partial charge in [-0.3, -0.25) is 4.79 Å². The molecule has 0 saturated heterocycles. The molecule has 0 aromatic heterocycles. The maximum absolute atomic E-state index is 11.3. The van der Waals surface area contributed by atoms with E-state index in [2.05, 4.69) is 58.0 Å². The van der Waals surface area contributed by atoms with Crippen molar-refractivity contribution in [1.82, 2.24) is 0 Å². The topological polar surface area (TPSA) is 228 Å². The summed E-state index contributed by atoms with van der Waals surface area (Å²) in [6, 6.07) is 8.41. The number of rotatable bonds is 10. The number of guanidine groups is 1. The molecule has 0 fully saturated rings. The number of carbonyl (C=O) groups is 1. The van der Waals surface area contributed by atoms with E-state index in [1.54, 1.807) is 0 Å². The van der Waals surface area contributed by atoms with E-state index in [1.165, 1.54) is 31.7 Å². The maximum atomic E-state index is 11.3. The predicted molar refractivity (Wildman–Crippen MR) is 155 cm³/mol. The van der Waals surface area contributed by atoms with E-state index in [0.29, 0.717) is 0 Å². The Morgan fingerprint density at radius 2 is 1.57 bits per heavy atom. The van der Waals surface area contributed by atoms with Gasteiger partial charge in [0.05, 0.1) is 12.4 Å². The van der Waals surface area contributed by atoms with Crippen molar-refractivity contribution in [3.63, 3.8) is 0 Å². The second-order valence-electron chi connectivity index (χ2n) is 6.57. The fraction of sp³-hybridized carbons (Fsp3) is 0.478. The summed E-state index contributed by atoms with van der Waals surface area (Å²) in [6.07, 6.45) is 3.71. The molecule has 14 heteroatoms. The van der Waals surface area contributed by atoms with Gasteiger partial charge in [0.2, 0.25) is 10.0 Å². The van der Waals surface area contributed by atoms with Gasteiger partial charge in [0, 0.05) is 6.54 Å². The molecule has 1 aromatic rings. The van der Waals surface area contributed by atoms with Crippen LogP contribution in [-0.2, 0) is 21.2 Å². The Labute approximate surface area is 226 Å². The highest BCUT2D eigenvalue weighted by atomic mass is 35.5. The van der Waals surface area contributed by atoms with Gasteiger partial charge < -0.3 is 27.7 Å². The molecule has 0 bridgehead atoms. The lowest BCUT2D eigenvalue weighted by Crippen LogP contribution is -2.29. The van der Waals surface area contributed by atoms with Crippen LogP contribution in [0.3, 0.4) is 0 Å². The first-order valence-corrected chi connectivity index (χ1v) is 13.7. The highest BCUT2D eigenvalue weighted by molar-refractivity contribution is 7.89. The number of ether oxygens (including phenoxy) is 1. The SMILES string of the molecule is C=N/C(N)=C(Cl)\N=C(/CN)C(=O)N=C(N)N.CC.CCCCc1ccc(OCC)cc1.CCS(N)(=O)=O. The summed E-state index contributed by atoms with van der Waals surface area (Å²) >= 11 is 5.60. The first-order chi connectivity index (χ1) is 17.3. The Balaban J connectivity index is -0.000000492. The maximum Gasteiger partial charge on any atom is 0.295 e. The lowest BCUT2D eigenvalue weighted by Gasteiger charge is -2.04. The quantitative estimate of drug-likeness (QED) is 0.160. The number of aliphatic imine (C=N–C) groups is 3. The molecule has 37 heavy (non-hydrogen) atoms. The summed E-state index contributed by atoms with van der Waals surface area (Å²) in [7, 11) is -3.16. The Bertz CT molecular complexity index is 975. The molecule has 1 aromatic carbocycles. The lowest BCUT2D eigenvalue weighted by atomic mass is 10.1. The Hall–Kier alpha value is -3.00. The van der Waals surface area contributed by atoms with Gasteiger partial charge in [-0.1, -0.05) is 50.9 Å². The van der Waals surface area contributed by atoms with Crippen LogP contribution in [0.5, 0.6) is 5.75 Å². The van der Waals surface area contributed by atoms with Crippen molar-refractivity contribution in [2.45, 2.75) is 53.9 Å². The van der Waals surface area contributed by atoms with E-state index in [0.717, 1.165) is 12.4 Å². The first-order valence-electron chi connectivity index (χ1n) is 11.6. The lowest BCUT2D eigenvalue weighted by molar-refractivity contribution is -0.111. The van der Waals surface area contributed by atoms with E-state index in [-0.39, 0.29) is 29.0 Å². The molecule has 1 rings (SSSR count). The van der Waals surface area contributed by atoms with Crippen molar-refractivity contribution in [3.05, 3.63) is 40.8 Å². The number of carbonyl (C=O) groups excluding carboxylic acids is 1. The van der Waals surface area contributed by atoms with Crippen molar-refractivity contribution in [2.75, 3.05) is 18.9 Å². The normalized spacial score (nSPS) is 11.1. The highest BCUT2D eigenvalue weighted by Gasteiger charge is 2.10. The molecule has 0 aliphatic rings. The minimum atomic E-state index is -3.16. The molecule has 0 aliphatic heterocycles. The molecule has 12 nitrogen and oxygen atoms in total. The zero-order chi connectivity index (χ0) is 29.4. The fourth-order valence-electron chi connectivity index (χ4n) is 1.90. The number of aryl methyl sites for hydroxylation is 1. The van der Waals surface area contributed by atoms with Gasteiger partial charge in [-0.05, 0) is 51.1 Å². The summed E-state index contributed by atoms with van der Waals surface area (Å²) in [5, 5.41) is 4.29. The minimum absolute atomic E-state index is 0.0208. The van der Waals surface area contributed by atoms with Crippen molar-refractivity contribution < 1.29 is 17.9 Å². The number of nitrogens with zero attached hydrogens (tertiary/aromatic N) is 3. The van der Waals surface area contributed by atoms with Gasteiger partial charge in [0.25, 0.3) is 5.91 Å². The number of halogens is 1. The zero-order valence-electron chi connectivity index (χ0n) is 22.4. The van der Waals surface area contributed by atoms with Gasteiger partial charge >= 0.3 is 0 Å². The Morgan fingerprint density at radius 3 is 1.92 bits per heavy atom. The molecule has 0 atom stereocenters. The molecular weight excluding hydrogens is 520 g/mol. The van der Waals surface area contributed by atoms with Crippen LogP contribution in [0.2, 0.25) is 0 Å². The minimum Gasteiger partial charge on any atom is -0.494 e. The molecule has 10 N–H and O–H groups in total. The zero-order valence-corrected chi connectivity index (χ0v) is 24.0. The van der Waals surface area contributed by atoms with Crippen molar-refractivity contribution in [2.24, 2.45) is 43.1 Å². The van der Waals surface area contributed by atoms with Crippen LogP contribution in [0.15, 0.2) is 50.2 Å². The third kappa shape index (κ3) is 23.2. The van der Waals surface area contributed by atoms with Gasteiger partial charge in [-0.15, -0.1) is 0 Å². The average molecular weight is 563 g/mol. The summed E-state index contributed by atoms with van der Waals surface area (Å²) < 4.78 is 24.9. The summed E-state index contributed by atoms with van der Waals surface area (Å²) in [6.45, 7) is 13.4. The van der Waals surface area contributed by atoms with E-state index < -0.39 is 21.9 Å². The van der Waals surface area contributed by atoms with E-state index in [9.17, 15) is 13.2 Å². The second kappa shape index (κ2) is 23.4. The van der Waals surface area contributed by atoms with Crippen LogP contribution in [-0.4, -0.2) is 51.6 Å². The first kappa shape index (κ1) is 38.5. The van der Waals surface area contributed by atoms with Crippen LogP contribution in [0, 0.1) is 0 Å². The molecule has 0 spiro atoms. The summed E-state index contributed by atoms with van der Waals surface area (Å²) in [5.41, 5.74) is 21.9. The fourth-order valence-corrected chi connectivity index (χ4v) is 2.07. The number of nitrogens with two attached hydrogens (primary N) is 5. The van der Waals surface area contributed by atoms with Crippen molar-refractivity contribution in [3.8, 4) is 5.75 Å². The van der Waals surface area contributed by atoms with Gasteiger partial charge in [0.15, 0.2) is 16.9 Å². The largest absolute Gasteiger partial charge is 0.494 e. The Kier molecular flexibility index (Phi) is 24.4. The third-order valence-corrected chi connectivity index (χ3v) is 4.82. The van der Waals surface area contributed by atoms with Crippen LogP contribution >= 0.6 is 11.6 Å². The monoisotopic (exact) mass is 562 g/mol. The number of amides is 1. The second-order valence-corrected chi connectivity index (χ2v) is 8.83. The van der Waals surface area contributed by atoms with Gasteiger partial charge in [-0.2, -0.15) is 4.99 Å². The van der Waals surface area contributed by atoms with E-state index >= 15 is 0 Å². The molecule has 0 heterocycles. The molecule has 0 unspecified atom stereocenters. The highest BCUT2D eigenvalue weighted by Crippen LogP contribution is 2.13. The van der Waals surface area contributed by atoms with Crippen molar-refractivity contribution in [1.29, 1.82) is 0 Å². The van der Waals surface area contributed by atoms with Gasteiger partial charge in [-0.25, -0.2) is 23.5 Å². The van der Waals surface area contributed by atoms with E-state index in [4.69, 9.17) is 39.3 Å². The molecular formula is C23H43ClN8O4S. The average Bonchev–Trinajstić information content (AvgIpc) is 2.87. The van der Waals surface area contributed by atoms with Crippen LogP contribution in [0.1, 0.15) is 53.0 Å². The van der Waals surface area contributed by atoms with Crippen LogP contribution in [0.4, 0.5) is 0 Å². The smallest absolute Gasteiger partial charge is 0.295 e. The molecule has 212 valence electrons. The number of sulfonamides is 1. The Morgan fingerprint density at radius 1 is 1.05 bits per heavy atom. The number of primary sulfonamides is 1. The van der Waals surface area contributed by atoms with Gasteiger partial charge in [0.1, 0.15) is 11.5 Å². The number of hydrogen-bond acceptors (Lipinski definition) is 8. The molecule has 1 amide bonds. The number of unbranched alkanes of at least 4 members (excludes halogenated alkanes) is 1. The molecule has 0 aliphatic carbocycles. The molecule has 0 radical (unpaired) electrons. The number of benzene rings is 1. The summed E-state index contributed by atoms with van der Waals surface area (Å²) in [4.78, 5) is 21.5. The van der Waals surface area contributed by atoms with Crippen molar-refractivity contribution >= 4 is 45.9 Å². The van der Waals surface area contributed by atoms with E-state index in [1.807, 2.05) is 20.8 Å². The molecule has 0 saturated carbocycles.